The summed E-state index contributed by atoms with van der Waals surface area (Å²) in [6.07, 6.45) is 13.0. The van der Waals surface area contributed by atoms with Crippen LogP contribution in [0.3, 0.4) is 0 Å². The Morgan fingerprint density at radius 3 is 3.03 bits per heavy atom. The van der Waals surface area contributed by atoms with Crippen LogP contribution in [0.1, 0.15) is 12.8 Å². The highest BCUT2D eigenvalue weighted by molar-refractivity contribution is 5.94. The highest BCUT2D eigenvalue weighted by Crippen LogP contribution is 2.29. The zero-order valence-corrected chi connectivity index (χ0v) is 16.7. The number of fused-ring (bicyclic) bond motifs is 2. The van der Waals surface area contributed by atoms with Crippen molar-refractivity contribution in [1.29, 1.82) is 0 Å². The van der Waals surface area contributed by atoms with Gasteiger partial charge in [0.1, 0.15) is 17.5 Å². The van der Waals surface area contributed by atoms with Crippen molar-refractivity contribution in [2.24, 2.45) is 0 Å². The maximum absolute atomic E-state index is 6.04. The average Bonchev–Trinajstić information content (AvgIpc) is 3.46. The first-order valence-corrected chi connectivity index (χ1v) is 10.3. The maximum Gasteiger partial charge on any atom is 0.233 e. The number of rotatable bonds is 4. The van der Waals surface area contributed by atoms with E-state index in [1.165, 1.54) is 0 Å². The van der Waals surface area contributed by atoms with Crippen molar-refractivity contribution >= 4 is 16.6 Å². The number of imidazole rings is 1. The molecule has 0 unspecified atom stereocenters. The summed E-state index contributed by atoms with van der Waals surface area (Å²) in [5.41, 5.74) is 4.98. The third-order valence-corrected chi connectivity index (χ3v) is 5.53. The lowest BCUT2D eigenvalue weighted by molar-refractivity contribution is 0.160. The van der Waals surface area contributed by atoms with Gasteiger partial charge in [-0.1, -0.05) is 6.07 Å². The second-order valence-electron chi connectivity index (χ2n) is 7.63. The fourth-order valence-corrected chi connectivity index (χ4v) is 3.95. The maximum atomic E-state index is 6.04. The number of hydrogen-bond donors (Lipinski definition) is 2. The molecular weight excluding hydrogens is 392 g/mol. The molecule has 5 aromatic rings. The summed E-state index contributed by atoms with van der Waals surface area (Å²) in [5, 5.41) is 11.9. The molecule has 1 saturated heterocycles. The number of aromatic amines is 1. The highest BCUT2D eigenvalue weighted by Gasteiger charge is 2.17. The lowest BCUT2D eigenvalue weighted by Gasteiger charge is -2.23. The van der Waals surface area contributed by atoms with Crippen molar-refractivity contribution in [3.8, 4) is 28.5 Å². The Hall–Kier alpha value is -3.85. The van der Waals surface area contributed by atoms with Crippen LogP contribution in [0.4, 0.5) is 0 Å². The molecule has 0 radical (unpaired) electrons. The first kappa shape index (κ1) is 18.0. The Labute approximate surface area is 177 Å². The van der Waals surface area contributed by atoms with Gasteiger partial charge in [-0.05, 0) is 31.5 Å². The standard InChI is InChI=1S/C22H20N8O/c1-2-15(9-23-5-1)31-21-12-24-10-18(27-21)22-16-8-14(3-4-17(16)28-29-22)19-13-30-7-6-25-20(30)11-26-19/h3-4,6-8,10-13,15,23H,1-2,5,9H2,(H,28,29)/t15-/m1/s1. The normalized spacial score (nSPS) is 16.7. The molecule has 1 aliphatic rings. The molecule has 1 fully saturated rings. The summed E-state index contributed by atoms with van der Waals surface area (Å²) in [6, 6.07) is 6.10. The summed E-state index contributed by atoms with van der Waals surface area (Å²) in [5.74, 6) is 0.519. The van der Waals surface area contributed by atoms with Gasteiger partial charge in [-0.25, -0.2) is 9.97 Å². The van der Waals surface area contributed by atoms with Gasteiger partial charge in [0, 0.05) is 36.1 Å². The fraction of sp³-hybridized carbons (Fsp3) is 0.227. The number of nitrogens with zero attached hydrogens (tertiary/aromatic N) is 6. The van der Waals surface area contributed by atoms with Crippen LogP contribution in [0.25, 0.3) is 39.2 Å². The minimum absolute atomic E-state index is 0.116. The van der Waals surface area contributed by atoms with E-state index in [0.29, 0.717) is 11.6 Å². The van der Waals surface area contributed by atoms with Gasteiger partial charge in [0.25, 0.3) is 0 Å². The van der Waals surface area contributed by atoms with Crippen LogP contribution >= 0.6 is 0 Å². The molecule has 0 bridgehead atoms. The molecule has 5 heterocycles. The predicted octanol–water partition coefficient (Wildman–Crippen LogP) is 2.86. The summed E-state index contributed by atoms with van der Waals surface area (Å²) < 4.78 is 7.99. The minimum atomic E-state index is 0.116. The molecule has 9 heteroatoms. The lowest BCUT2D eigenvalue weighted by atomic mass is 10.1. The fourth-order valence-electron chi connectivity index (χ4n) is 3.95. The molecule has 1 aromatic carbocycles. The van der Waals surface area contributed by atoms with E-state index in [4.69, 9.17) is 4.74 Å². The molecule has 0 aliphatic carbocycles. The van der Waals surface area contributed by atoms with Crippen LogP contribution in [0.2, 0.25) is 0 Å². The van der Waals surface area contributed by atoms with Gasteiger partial charge in [-0.2, -0.15) is 5.10 Å². The van der Waals surface area contributed by atoms with Gasteiger partial charge in [0.15, 0.2) is 5.65 Å². The Morgan fingerprint density at radius 2 is 2.10 bits per heavy atom. The van der Waals surface area contributed by atoms with Crippen molar-refractivity contribution < 1.29 is 4.74 Å². The van der Waals surface area contributed by atoms with E-state index < -0.39 is 0 Å². The molecule has 1 atom stereocenters. The second-order valence-corrected chi connectivity index (χ2v) is 7.63. The van der Waals surface area contributed by atoms with Gasteiger partial charge in [0.2, 0.25) is 5.88 Å². The SMILES string of the molecule is c1cn2cc(-c3ccc4[nH]nc(-c5cncc(O[C@@H]6CCCNC6)n5)c4c3)ncc2n1. The third kappa shape index (κ3) is 3.38. The number of piperidine rings is 1. The summed E-state index contributed by atoms with van der Waals surface area (Å²) in [7, 11) is 0. The molecule has 0 saturated carbocycles. The monoisotopic (exact) mass is 412 g/mol. The van der Waals surface area contributed by atoms with Gasteiger partial charge in [0.05, 0.1) is 29.8 Å². The Morgan fingerprint density at radius 1 is 1.10 bits per heavy atom. The van der Waals surface area contributed by atoms with E-state index in [-0.39, 0.29) is 6.10 Å². The first-order valence-electron chi connectivity index (χ1n) is 10.3. The minimum Gasteiger partial charge on any atom is -0.472 e. The topological polar surface area (TPSA) is 106 Å². The molecule has 9 nitrogen and oxygen atoms in total. The van der Waals surface area contributed by atoms with Crippen LogP contribution in [-0.2, 0) is 0 Å². The number of aromatic nitrogens is 7. The van der Waals surface area contributed by atoms with Crippen molar-refractivity contribution in [3.63, 3.8) is 0 Å². The Kier molecular flexibility index (Phi) is 4.31. The lowest BCUT2D eigenvalue weighted by Crippen LogP contribution is -2.37. The smallest absolute Gasteiger partial charge is 0.233 e. The van der Waals surface area contributed by atoms with E-state index >= 15 is 0 Å². The number of H-pyrrole nitrogens is 1. The molecule has 1 aliphatic heterocycles. The molecule has 31 heavy (non-hydrogen) atoms. The number of hydrogen-bond acceptors (Lipinski definition) is 7. The van der Waals surface area contributed by atoms with Crippen molar-refractivity contribution in [2.45, 2.75) is 18.9 Å². The van der Waals surface area contributed by atoms with E-state index in [9.17, 15) is 0 Å². The molecule has 0 spiro atoms. The van der Waals surface area contributed by atoms with E-state index in [2.05, 4.69) is 41.5 Å². The van der Waals surface area contributed by atoms with Gasteiger partial charge in [-0.15, -0.1) is 0 Å². The number of ether oxygens (including phenoxy) is 1. The molecular formula is C22H20N8O. The third-order valence-electron chi connectivity index (χ3n) is 5.53. The van der Waals surface area contributed by atoms with Crippen LogP contribution in [0.5, 0.6) is 5.88 Å². The number of benzene rings is 1. The first-order chi connectivity index (χ1) is 15.3. The van der Waals surface area contributed by atoms with Crippen LogP contribution < -0.4 is 10.1 Å². The molecule has 2 N–H and O–H groups in total. The Bertz CT molecular complexity index is 1370. The quantitative estimate of drug-likeness (QED) is 0.467. The largest absolute Gasteiger partial charge is 0.472 e. The van der Waals surface area contributed by atoms with Crippen molar-refractivity contribution in [3.05, 3.63) is 55.4 Å². The number of nitrogens with one attached hydrogen (secondary N) is 2. The zero-order chi connectivity index (χ0) is 20.6. The molecule has 6 rings (SSSR count). The summed E-state index contributed by atoms with van der Waals surface area (Å²) in [6.45, 7) is 1.87. The second kappa shape index (κ2) is 7.44. The summed E-state index contributed by atoms with van der Waals surface area (Å²) >= 11 is 0. The van der Waals surface area contributed by atoms with E-state index in [1.807, 2.05) is 28.9 Å². The van der Waals surface area contributed by atoms with Crippen molar-refractivity contribution in [1.82, 2.24) is 39.9 Å². The predicted molar refractivity (Wildman–Crippen MR) is 116 cm³/mol. The zero-order valence-electron chi connectivity index (χ0n) is 16.7. The highest BCUT2D eigenvalue weighted by atomic mass is 16.5. The molecule has 0 amide bonds. The summed E-state index contributed by atoms with van der Waals surface area (Å²) in [4.78, 5) is 17.8. The van der Waals surface area contributed by atoms with Gasteiger partial charge in [-0.3, -0.25) is 15.1 Å². The van der Waals surface area contributed by atoms with Crippen LogP contribution in [-0.4, -0.2) is 53.7 Å². The van der Waals surface area contributed by atoms with Crippen LogP contribution in [0.15, 0.2) is 55.4 Å². The van der Waals surface area contributed by atoms with Crippen LogP contribution in [0, 0.1) is 0 Å². The van der Waals surface area contributed by atoms with E-state index in [1.54, 1.807) is 24.8 Å². The van der Waals surface area contributed by atoms with Gasteiger partial charge >= 0.3 is 0 Å². The average molecular weight is 412 g/mol. The Balaban J connectivity index is 1.36. The molecule has 4 aromatic heterocycles. The van der Waals surface area contributed by atoms with Gasteiger partial charge < -0.3 is 14.5 Å². The molecule has 154 valence electrons. The van der Waals surface area contributed by atoms with E-state index in [0.717, 1.165) is 59.4 Å². The van der Waals surface area contributed by atoms with Crippen molar-refractivity contribution in [2.75, 3.05) is 13.1 Å².